The summed E-state index contributed by atoms with van der Waals surface area (Å²) in [6.45, 7) is 3.77. The second-order valence-electron chi connectivity index (χ2n) is 5.75. The predicted octanol–water partition coefficient (Wildman–Crippen LogP) is 3.08. The Morgan fingerprint density at radius 1 is 1.27 bits per heavy atom. The van der Waals surface area contributed by atoms with Gasteiger partial charge in [-0.15, -0.1) is 0 Å². The van der Waals surface area contributed by atoms with Crippen LogP contribution in [0.3, 0.4) is 0 Å². The van der Waals surface area contributed by atoms with Crippen molar-refractivity contribution in [1.82, 2.24) is 9.29 Å². The van der Waals surface area contributed by atoms with Gasteiger partial charge in [0.25, 0.3) is 0 Å². The number of hydrogen-bond donors (Lipinski definition) is 0. The van der Waals surface area contributed by atoms with E-state index in [0.29, 0.717) is 22.8 Å². The summed E-state index contributed by atoms with van der Waals surface area (Å²) >= 11 is 6.13. The molecule has 0 aliphatic rings. The smallest absolute Gasteiger partial charge is 0.242 e. The number of nitrogens with zero attached hydrogens (tertiary/aromatic N) is 2. The number of ketones is 1. The van der Waals surface area contributed by atoms with Crippen molar-refractivity contribution < 1.29 is 17.9 Å². The third-order valence-electron chi connectivity index (χ3n) is 3.84. The molecule has 0 saturated heterocycles. The SMILES string of the molecule is CCN(C)S(=O)(=O)c1ccc(Cl)c(COCC(=O)c2cccc(C)n2)c1. The van der Waals surface area contributed by atoms with Crippen molar-refractivity contribution in [2.24, 2.45) is 0 Å². The van der Waals surface area contributed by atoms with Crippen LogP contribution in [0.1, 0.15) is 28.7 Å². The number of benzene rings is 1. The lowest BCUT2D eigenvalue weighted by Gasteiger charge is -2.16. The fraction of sp³-hybridized carbons (Fsp3) is 0.333. The molecule has 1 aromatic carbocycles. The molecule has 8 heteroatoms. The number of aryl methyl sites for hydroxylation is 1. The molecule has 0 spiro atoms. The van der Waals surface area contributed by atoms with Crippen LogP contribution in [0.25, 0.3) is 0 Å². The van der Waals surface area contributed by atoms with E-state index in [1.807, 2.05) is 0 Å². The third kappa shape index (κ3) is 4.88. The Labute approximate surface area is 158 Å². The van der Waals surface area contributed by atoms with Gasteiger partial charge in [-0.05, 0) is 42.8 Å². The number of ether oxygens (including phenoxy) is 1. The van der Waals surface area contributed by atoms with Gasteiger partial charge in [-0.25, -0.2) is 17.7 Å². The summed E-state index contributed by atoms with van der Waals surface area (Å²) in [5.41, 5.74) is 1.58. The van der Waals surface area contributed by atoms with Crippen molar-refractivity contribution in [3.8, 4) is 0 Å². The second kappa shape index (κ2) is 8.73. The van der Waals surface area contributed by atoms with Crippen molar-refractivity contribution >= 4 is 27.4 Å². The van der Waals surface area contributed by atoms with Crippen LogP contribution < -0.4 is 0 Å². The fourth-order valence-electron chi connectivity index (χ4n) is 2.20. The van der Waals surface area contributed by atoms with Gasteiger partial charge < -0.3 is 4.74 Å². The van der Waals surface area contributed by atoms with Crippen LogP contribution >= 0.6 is 11.6 Å². The zero-order valence-corrected chi connectivity index (χ0v) is 16.5. The van der Waals surface area contributed by atoms with E-state index < -0.39 is 10.0 Å². The number of Topliss-reactive ketones (excluding diaryl/α,β-unsaturated/α-hetero) is 1. The number of pyridine rings is 1. The molecule has 1 heterocycles. The molecule has 6 nitrogen and oxygen atoms in total. The number of carbonyl (C=O) groups excluding carboxylic acids is 1. The minimum absolute atomic E-state index is 0.0234. The zero-order valence-electron chi connectivity index (χ0n) is 14.9. The first-order valence-electron chi connectivity index (χ1n) is 8.05. The molecule has 0 aliphatic heterocycles. The summed E-state index contributed by atoms with van der Waals surface area (Å²) in [6, 6.07) is 9.62. The summed E-state index contributed by atoms with van der Waals surface area (Å²) < 4.78 is 31.5. The molecule has 0 fully saturated rings. The van der Waals surface area contributed by atoms with Gasteiger partial charge in [-0.2, -0.15) is 0 Å². The first-order valence-corrected chi connectivity index (χ1v) is 9.87. The predicted molar refractivity (Wildman–Crippen MR) is 99.9 cm³/mol. The molecule has 0 N–H and O–H groups in total. The highest BCUT2D eigenvalue weighted by atomic mass is 35.5. The molecule has 0 saturated carbocycles. The molecule has 0 radical (unpaired) electrons. The molecule has 140 valence electrons. The Kier molecular flexibility index (Phi) is 6.88. The topological polar surface area (TPSA) is 76.6 Å². The molecule has 2 aromatic rings. The summed E-state index contributed by atoms with van der Waals surface area (Å²) in [4.78, 5) is 16.4. The highest BCUT2D eigenvalue weighted by Gasteiger charge is 2.20. The van der Waals surface area contributed by atoms with Gasteiger partial charge in [0.1, 0.15) is 12.3 Å². The Bertz CT molecular complexity index is 900. The quantitative estimate of drug-likeness (QED) is 0.641. The summed E-state index contributed by atoms with van der Waals surface area (Å²) in [6.07, 6.45) is 0. The molecule has 26 heavy (non-hydrogen) atoms. The Balaban J connectivity index is 2.08. The summed E-state index contributed by atoms with van der Waals surface area (Å²) in [7, 11) is -2.07. The normalized spacial score (nSPS) is 11.7. The van der Waals surface area contributed by atoms with E-state index in [1.54, 1.807) is 32.0 Å². The van der Waals surface area contributed by atoms with E-state index in [-0.39, 0.29) is 23.9 Å². The summed E-state index contributed by atoms with van der Waals surface area (Å²) in [5.74, 6) is -0.251. The van der Waals surface area contributed by atoms with Crippen molar-refractivity contribution in [2.75, 3.05) is 20.2 Å². The summed E-state index contributed by atoms with van der Waals surface area (Å²) in [5, 5.41) is 0.379. The number of carbonyl (C=O) groups is 1. The van der Waals surface area contributed by atoms with Crippen molar-refractivity contribution in [1.29, 1.82) is 0 Å². The molecular weight excluding hydrogens is 376 g/mol. The van der Waals surface area contributed by atoms with Crippen LogP contribution in [-0.2, 0) is 21.4 Å². The first kappa shape index (κ1) is 20.5. The van der Waals surface area contributed by atoms with Crippen LogP contribution in [-0.4, -0.2) is 43.7 Å². The maximum atomic E-state index is 12.4. The van der Waals surface area contributed by atoms with Gasteiger partial charge in [0.15, 0.2) is 0 Å². The molecule has 0 unspecified atom stereocenters. The number of sulfonamides is 1. The number of rotatable bonds is 8. The second-order valence-corrected chi connectivity index (χ2v) is 8.20. The minimum atomic E-state index is -3.58. The highest BCUT2D eigenvalue weighted by Crippen LogP contribution is 2.23. The van der Waals surface area contributed by atoms with E-state index in [9.17, 15) is 13.2 Å². The molecule has 0 bridgehead atoms. The van der Waals surface area contributed by atoms with E-state index >= 15 is 0 Å². The van der Waals surface area contributed by atoms with Crippen molar-refractivity contribution in [3.63, 3.8) is 0 Å². The number of halogens is 1. The molecule has 2 rings (SSSR count). The van der Waals surface area contributed by atoms with Crippen LogP contribution in [0.15, 0.2) is 41.3 Å². The van der Waals surface area contributed by atoms with E-state index in [1.165, 1.54) is 29.6 Å². The Morgan fingerprint density at radius 2 is 2.00 bits per heavy atom. The molecule has 0 aliphatic carbocycles. The molecule has 0 amide bonds. The van der Waals surface area contributed by atoms with Crippen LogP contribution in [0.4, 0.5) is 0 Å². The highest BCUT2D eigenvalue weighted by molar-refractivity contribution is 7.89. The maximum Gasteiger partial charge on any atom is 0.242 e. The Morgan fingerprint density at radius 3 is 2.65 bits per heavy atom. The third-order valence-corrected chi connectivity index (χ3v) is 6.13. The average molecular weight is 397 g/mol. The van der Waals surface area contributed by atoms with Crippen LogP contribution in [0.2, 0.25) is 5.02 Å². The molecule has 0 atom stereocenters. The van der Waals surface area contributed by atoms with Gasteiger partial charge >= 0.3 is 0 Å². The lowest BCUT2D eigenvalue weighted by molar-refractivity contribution is 0.0721. The fourth-order valence-corrected chi connectivity index (χ4v) is 3.60. The lowest BCUT2D eigenvalue weighted by Crippen LogP contribution is -2.26. The van der Waals surface area contributed by atoms with Gasteiger partial charge in [0, 0.05) is 24.3 Å². The van der Waals surface area contributed by atoms with Gasteiger partial charge in [0.05, 0.1) is 11.5 Å². The largest absolute Gasteiger partial charge is 0.368 e. The van der Waals surface area contributed by atoms with E-state index in [4.69, 9.17) is 16.3 Å². The van der Waals surface area contributed by atoms with Gasteiger partial charge in [-0.3, -0.25) is 4.79 Å². The number of hydrogen-bond acceptors (Lipinski definition) is 5. The zero-order chi connectivity index (χ0) is 19.3. The van der Waals surface area contributed by atoms with E-state index in [2.05, 4.69) is 4.98 Å². The van der Waals surface area contributed by atoms with Crippen LogP contribution in [0, 0.1) is 6.92 Å². The average Bonchev–Trinajstić information content (AvgIpc) is 2.62. The minimum Gasteiger partial charge on any atom is -0.368 e. The van der Waals surface area contributed by atoms with Crippen molar-refractivity contribution in [3.05, 3.63) is 58.4 Å². The monoisotopic (exact) mass is 396 g/mol. The molecule has 1 aromatic heterocycles. The van der Waals surface area contributed by atoms with Gasteiger partial charge in [0.2, 0.25) is 15.8 Å². The standard InChI is InChI=1S/C18H21ClN2O4S/c1-4-21(3)26(23,24)15-8-9-16(19)14(10-15)11-25-12-18(22)17-7-5-6-13(2)20-17/h5-10H,4,11-12H2,1-3H3. The van der Waals surface area contributed by atoms with Crippen LogP contribution in [0.5, 0.6) is 0 Å². The first-order chi connectivity index (χ1) is 12.3. The van der Waals surface area contributed by atoms with E-state index in [0.717, 1.165) is 5.69 Å². The maximum absolute atomic E-state index is 12.4. The lowest BCUT2D eigenvalue weighted by atomic mass is 10.2. The van der Waals surface area contributed by atoms with Gasteiger partial charge in [-0.1, -0.05) is 24.6 Å². The number of aromatic nitrogens is 1. The molecular formula is C18H21ClN2O4S. The Hall–Kier alpha value is -1.80. The van der Waals surface area contributed by atoms with Crippen molar-refractivity contribution in [2.45, 2.75) is 25.3 Å².